The van der Waals surface area contributed by atoms with Crippen LogP contribution < -0.4 is 0 Å². The highest BCUT2D eigenvalue weighted by Crippen LogP contribution is 2.67. The SMILES string of the molecule is C=C(C)C(CC)CCC(C)C1CCC2C3CCC4=CC(=O)CC[C@]4(C)C3CC[C@]12C. The molecule has 4 rings (SSSR count). The monoisotopic (exact) mass is 410 g/mol. The fourth-order valence-electron chi connectivity index (χ4n) is 9.00. The topological polar surface area (TPSA) is 17.1 Å². The first kappa shape index (κ1) is 22.3. The normalized spacial score (nSPS) is 42.6. The van der Waals surface area contributed by atoms with Crippen molar-refractivity contribution in [3.63, 3.8) is 0 Å². The van der Waals surface area contributed by atoms with Crippen LogP contribution >= 0.6 is 0 Å². The van der Waals surface area contributed by atoms with Crippen LogP contribution in [0.2, 0.25) is 0 Å². The van der Waals surface area contributed by atoms with Gasteiger partial charge >= 0.3 is 0 Å². The maximum Gasteiger partial charge on any atom is 0.155 e. The maximum absolute atomic E-state index is 12.1. The molecule has 4 aliphatic rings. The van der Waals surface area contributed by atoms with Gasteiger partial charge in [-0.2, -0.15) is 0 Å². The highest BCUT2D eigenvalue weighted by atomic mass is 16.1. The van der Waals surface area contributed by atoms with E-state index in [1.54, 1.807) is 0 Å². The molecule has 4 aliphatic carbocycles. The third kappa shape index (κ3) is 3.57. The van der Waals surface area contributed by atoms with Crippen molar-refractivity contribution in [3.8, 4) is 0 Å². The Kier molecular flexibility index (Phi) is 6.15. The van der Waals surface area contributed by atoms with E-state index in [1.807, 2.05) is 0 Å². The summed E-state index contributed by atoms with van der Waals surface area (Å²) in [6, 6.07) is 0. The van der Waals surface area contributed by atoms with Crippen molar-refractivity contribution >= 4 is 5.78 Å². The second-order valence-electron chi connectivity index (χ2n) is 12.2. The summed E-state index contributed by atoms with van der Waals surface area (Å²) in [5.74, 6) is 5.49. The fourth-order valence-corrected chi connectivity index (χ4v) is 9.00. The third-order valence-electron chi connectivity index (χ3n) is 10.9. The van der Waals surface area contributed by atoms with E-state index < -0.39 is 0 Å². The molecule has 3 saturated carbocycles. The molecule has 0 radical (unpaired) electrons. The Morgan fingerprint density at radius 1 is 1.10 bits per heavy atom. The Bertz CT molecular complexity index is 716. The van der Waals surface area contributed by atoms with E-state index in [4.69, 9.17) is 0 Å². The lowest BCUT2D eigenvalue weighted by atomic mass is 9.46. The van der Waals surface area contributed by atoms with E-state index in [0.717, 1.165) is 42.4 Å². The molecule has 0 aromatic heterocycles. The molecular weight excluding hydrogens is 364 g/mol. The van der Waals surface area contributed by atoms with Gasteiger partial charge in [0.1, 0.15) is 0 Å². The van der Waals surface area contributed by atoms with Gasteiger partial charge in [0.15, 0.2) is 5.78 Å². The van der Waals surface area contributed by atoms with Gasteiger partial charge in [0.2, 0.25) is 0 Å². The molecule has 30 heavy (non-hydrogen) atoms. The molecule has 0 N–H and O–H groups in total. The van der Waals surface area contributed by atoms with Crippen LogP contribution in [0.3, 0.4) is 0 Å². The minimum Gasteiger partial charge on any atom is -0.295 e. The second-order valence-corrected chi connectivity index (χ2v) is 12.2. The average molecular weight is 411 g/mol. The molecule has 8 atom stereocenters. The lowest BCUT2D eigenvalue weighted by Crippen LogP contribution is -2.51. The van der Waals surface area contributed by atoms with Crippen molar-refractivity contribution in [2.75, 3.05) is 0 Å². The van der Waals surface area contributed by atoms with E-state index in [2.05, 4.69) is 47.3 Å². The molecule has 1 heteroatoms. The van der Waals surface area contributed by atoms with Crippen LogP contribution in [0.4, 0.5) is 0 Å². The quantitative estimate of drug-likeness (QED) is 0.404. The van der Waals surface area contributed by atoms with Gasteiger partial charge in [-0.15, -0.1) is 0 Å². The molecule has 0 amide bonds. The van der Waals surface area contributed by atoms with Crippen LogP contribution in [-0.2, 0) is 4.79 Å². The van der Waals surface area contributed by atoms with Crippen LogP contribution in [0.25, 0.3) is 0 Å². The second kappa shape index (κ2) is 8.25. The van der Waals surface area contributed by atoms with Crippen LogP contribution in [0.15, 0.2) is 23.8 Å². The van der Waals surface area contributed by atoms with Crippen molar-refractivity contribution in [2.45, 2.75) is 105 Å². The zero-order valence-corrected chi connectivity index (χ0v) is 20.4. The van der Waals surface area contributed by atoms with Gasteiger partial charge in [-0.3, -0.25) is 4.79 Å². The van der Waals surface area contributed by atoms with Gasteiger partial charge in [-0.05, 0) is 124 Å². The van der Waals surface area contributed by atoms with Crippen LogP contribution in [-0.4, -0.2) is 5.78 Å². The zero-order valence-electron chi connectivity index (χ0n) is 20.4. The van der Waals surface area contributed by atoms with Gasteiger partial charge in [0.25, 0.3) is 0 Å². The maximum atomic E-state index is 12.1. The van der Waals surface area contributed by atoms with Gasteiger partial charge in [-0.1, -0.05) is 45.4 Å². The first-order valence-corrected chi connectivity index (χ1v) is 13.1. The van der Waals surface area contributed by atoms with Crippen molar-refractivity contribution in [2.24, 2.45) is 46.3 Å². The first-order valence-electron chi connectivity index (χ1n) is 13.1. The molecular formula is C29H46O. The van der Waals surface area contributed by atoms with E-state index in [-0.39, 0.29) is 0 Å². The van der Waals surface area contributed by atoms with E-state index in [1.165, 1.54) is 68.9 Å². The van der Waals surface area contributed by atoms with Crippen molar-refractivity contribution in [3.05, 3.63) is 23.8 Å². The number of rotatable bonds is 6. The fraction of sp³-hybridized carbons (Fsp3) is 0.828. The standard InChI is InChI=1S/C29H46O/c1-7-21(19(2)3)9-8-20(4)25-12-13-26-24-11-10-22-18-23(30)14-16-28(22,5)27(24)15-17-29(25,26)6/h18,20-21,24-27H,2,7-17H2,1,3-6H3/t20?,21?,24?,25?,26?,27?,28-,29+/m0/s1. The minimum atomic E-state index is 0.317. The minimum absolute atomic E-state index is 0.317. The Balaban J connectivity index is 1.48. The van der Waals surface area contributed by atoms with E-state index >= 15 is 0 Å². The molecule has 0 aliphatic heterocycles. The molecule has 0 spiro atoms. The highest BCUT2D eigenvalue weighted by Gasteiger charge is 2.59. The predicted octanol–water partition coefficient (Wildman–Crippen LogP) is 8.15. The van der Waals surface area contributed by atoms with E-state index in [9.17, 15) is 4.79 Å². The van der Waals surface area contributed by atoms with Crippen molar-refractivity contribution in [1.82, 2.24) is 0 Å². The Hall–Kier alpha value is -0.850. The van der Waals surface area contributed by atoms with E-state index in [0.29, 0.717) is 22.5 Å². The number of fused-ring (bicyclic) bond motifs is 5. The molecule has 3 fully saturated rings. The third-order valence-corrected chi connectivity index (χ3v) is 10.9. The van der Waals surface area contributed by atoms with Gasteiger partial charge in [0, 0.05) is 6.42 Å². The van der Waals surface area contributed by atoms with Gasteiger partial charge in [0.05, 0.1) is 0 Å². The molecule has 0 heterocycles. The van der Waals surface area contributed by atoms with Crippen molar-refractivity contribution < 1.29 is 4.79 Å². The number of ketones is 1. The Morgan fingerprint density at radius 3 is 2.57 bits per heavy atom. The summed E-state index contributed by atoms with van der Waals surface area (Å²) in [5, 5.41) is 0. The lowest BCUT2D eigenvalue weighted by Gasteiger charge is -2.58. The summed E-state index contributed by atoms with van der Waals surface area (Å²) in [6.07, 6.45) is 16.1. The Labute approximate surface area is 186 Å². The molecule has 168 valence electrons. The summed E-state index contributed by atoms with van der Waals surface area (Å²) in [7, 11) is 0. The number of allylic oxidation sites excluding steroid dienone is 2. The molecule has 6 unspecified atom stereocenters. The Morgan fingerprint density at radius 2 is 1.87 bits per heavy atom. The molecule has 0 saturated heterocycles. The lowest BCUT2D eigenvalue weighted by molar-refractivity contribution is -0.117. The van der Waals surface area contributed by atoms with Gasteiger partial charge < -0.3 is 0 Å². The summed E-state index contributed by atoms with van der Waals surface area (Å²) in [4.78, 5) is 12.1. The predicted molar refractivity (Wildman–Crippen MR) is 127 cm³/mol. The average Bonchev–Trinajstić information content (AvgIpc) is 3.06. The molecule has 0 aromatic carbocycles. The highest BCUT2D eigenvalue weighted by molar-refractivity contribution is 5.91. The van der Waals surface area contributed by atoms with Crippen LogP contribution in [0.5, 0.6) is 0 Å². The smallest absolute Gasteiger partial charge is 0.155 e. The molecule has 1 nitrogen and oxygen atoms in total. The van der Waals surface area contributed by atoms with Crippen LogP contribution in [0.1, 0.15) is 105 Å². The van der Waals surface area contributed by atoms with Gasteiger partial charge in [-0.25, -0.2) is 0 Å². The largest absolute Gasteiger partial charge is 0.295 e. The zero-order chi connectivity index (χ0) is 21.7. The number of carbonyl (C=O) groups is 1. The van der Waals surface area contributed by atoms with Crippen molar-refractivity contribution in [1.29, 1.82) is 0 Å². The number of carbonyl (C=O) groups excluding carboxylic acids is 1. The molecule has 0 bridgehead atoms. The summed E-state index contributed by atoms with van der Waals surface area (Å²) < 4.78 is 0. The van der Waals surface area contributed by atoms with Crippen LogP contribution in [0, 0.1) is 46.3 Å². The first-order chi connectivity index (χ1) is 14.2. The number of hydrogen-bond acceptors (Lipinski definition) is 1. The summed E-state index contributed by atoms with van der Waals surface area (Å²) in [6.45, 7) is 16.5. The number of hydrogen-bond donors (Lipinski definition) is 0. The summed E-state index contributed by atoms with van der Waals surface area (Å²) >= 11 is 0. The molecule has 0 aromatic rings. The summed E-state index contributed by atoms with van der Waals surface area (Å²) in [5.41, 5.74) is 3.76.